The van der Waals surface area contributed by atoms with Gasteiger partial charge in [-0.05, 0) is 105 Å². The van der Waals surface area contributed by atoms with Gasteiger partial charge in [0.1, 0.15) is 0 Å². The second-order valence-electron chi connectivity index (χ2n) is 20.0. The second kappa shape index (κ2) is 26.9. The van der Waals surface area contributed by atoms with Crippen molar-refractivity contribution in [2.24, 2.45) is 0 Å². The van der Waals surface area contributed by atoms with Gasteiger partial charge < -0.3 is 44.8 Å². The molecule has 3 unspecified atom stereocenters. The zero-order chi connectivity index (χ0) is 57.5. The van der Waals surface area contributed by atoms with E-state index in [1.54, 1.807) is 6.07 Å². The number of hydrogen-bond acceptors (Lipinski definition) is 13. The Balaban J connectivity index is 0.000000135. The summed E-state index contributed by atoms with van der Waals surface area (Å²) in [6, 6.07) is 34.5. The van der Waals surface area contributed by atoms with Crippen LogP contribution >= 0.6 is 51.2 Å². The quantitative estimate of drug-likeness (QED) is 0.0805. The molecule has 7 aliphatic heterocycles. The number of ether oxygens (including phenoxy) is 2. The van der Waals surface area contributed by atoms with E-state index in [0.717, 1.165) is 122 Å². The van der Waals surface area contributed by atoms with Gasteiger partial charge in [0, 0.05) is 93.6 Å². The van der Waals surface area contributed by atoms with Gasteiger partial charge in [-0.2, -0.15) is 39.5 Å². The number of benzene rings is 6. The van der Waals surface area contributed by atoms with Crippen LogP contribution in [0.15, 0.2) is 157 Å². The van der Waals surface area contributed by atoms with Crippen molar-refractivity contribution >= 4 is 85.3 Å². The molecular weight excluding hydrogens is 1190 g/mol. The van der Waals surface area contributed by atoms with Crippen molar-refractivity contribution in [1.82, 2.24) is 20.0 Å². The highest BCUT2D eigenvalue weighted by atomic mass is 79.9. The van der Waals surface area contributed by atoms with Gasteiger partial charge in [-0.3, -0.25) is 4.90 Å². The van der Waals surface area contributed by atoms with Crippen molar-refractivity contribution in [2.45, 2.75) is 66.2 Å². The summed E-state index contributed by atoms with van der Waals surface area (Å²) in [5.41, 5.74) is 2.31. The first-order valence-electron chi connectivity index (χ1n) is 26.2. The number of nitrogens with zero attached hydrogens (tertiary/aromatic N) is 5. The summed E-state index contributed by atoms with van der Waals surface area (Å²) in [5, 5.41) is 18.1. The van der Waals surface area contributed by atoms with Gasteiger partial charge in [0.15, 0.2) is 0 Å². The summed E-state index contributed by atoms with van der Waals surface area (Å²) in [4.78, 5) is 16.0. The number of para-hydroxylation sites is 3. The Morgan fingerprint density at radius 3 is 1.44 bits per heavy atom. The van der Waals surface area contributed by atoms with E-state index in [0.29, 0.717) is 42.9 Å². The Bertz CT molecular complexity index is 3070. The number of hydrogen-bond donors (Lipinski definition) is 3. The van der Waals surface area contributed by atoms with Crippen molar-refractivity contribution in [1.29, 1.82) is 0 Å². The van der Waals surface area contributed by atoms with Crippen molar-refractivity contribution in [3.63, 3.8) is 0 Å². The summed E-state index contributed by atoms with van der Waals surface area (Å²) in [6.45, 7) is 11.4. The number of fused-ring (bicyclic) bond motifs is 6. The third-order valence-corrected chi connectivity index (χ3v) is 17.9. The van der Waals surface area contributed by atoms with E-state index >= 15 is 0 Å². The van der Waals surface area contributed by atoms with Gasteiger partial charge in [-0.1, -0.05) is 87.6 Å². The Morgan fingerprint density at radius 2 is 0.951 bits per heavy atom. The molecule has 3 atom stereocenters. The molecule has 81 heavy (non-hydrogen) atoms. The number of rotatable bonds is 7. The zero-order valence-electron chi connectivity index (χ0n) is 44.3. The molecule has 0 radical (unpaired) electrons. The Morgan fingerprint density at radius 1 is 0.519 bits per heavy atom. The molecule has 3 N–H and O–H groups in total. The molecule has 7 aliphatic rings. The van der Waals surface area contributed by atoms with Gasteiger partial charge in [0.05, 0.1) is 95.4 Å². The average Bonchev–Trinajstić information content (AvgIpc) is 4.46. The summed E-state index contributed by atoms with van der Waals surface area (Å²) < 4.78 is 127. The minimum absolute atomic E-state index is 0.0959. The number of anilines is 6. The smallest absolute Gasteiger partial charge is 0.390 e. The molecule has 13 rings (SSSR count). The Kier molecular flexibility index (Phi) is 20.3. The van der Waals surface area contributed by atoms with Gasteiger partial charge in [-0.25, -0.2) is 0 Å². The van der Waals surface area contributed by atoms with Crippen molar-refractivity contribution in [3.8, 4) is 0 Å². The van der Waals surface area contributed by atoms with Gasteiger partial charge in [0.25, 0.3) is 0 Å². The third kappa shape index (κ3) is 16.8. The molecule has 6 aromatic carbocycles. The molecule has 0 aromatic heterocycles. The lowest BCUT2D eigenvalue weighted by Gasteiger charge is -2.37. The molecule has 6 aromatic rings. The lowest BCUT2D eigenvalue weighted by molar-refractivity contribution is -0.138. The largest absolute Gasteiger partial charge is 0.416 e. The first kappa shape index (κ1) is 60.9. The van der Waals surface area contributed by atoms with Crippen LogP contribution < -0.4 is 20.4 Å². The number of halogens is 10. The Labute approximate surface area is 486 Å². The second-order valence-corrected chi connectivity index (χ2v) is 23.9. The Hall–Kier alpha value is -4.66. The topological polar surface area (TPSA) is 85.5 Å². The van der Waals surface area contributed by atoms with Crippen LogP contribution in [0.4, 0.5) is 73.6 Å². The number of piperazine rings is 2. The van der Waals surface area contributed by atoms with E-state index in [9.17, 15) is 44.6 Å². The zero-order valence-corrected chi connectivity index (χ0v) is 48.3. The maximum Gasteiger partial charge on any atom is 0.416 e. The van der Waals surface area contributed by atoms with Crippen LogP contribution in [0, 0.1) is 0 Å². The van der Waals surface area contributed by atoms with Gasteiger partial charge >= 0.3 is 18.5 Å². The van der Waals surface area contributed by atoms with E-state index in [4.69, 9.17) is 9.47 Å². The lowest BCUT2D eigenvalue weighted by atomic mass is 10.1. The maximum absolute atomic E-state index is 13.3. The number of aliphatic hydroxyl groups excluding tert-OH is 1. The van der Waals surface area contributed by atoms with Crippen molar-refractivity contribution in [2.75, 3.05) is 120 Å². The van der Waals surface area contributed by atoms with Crippen LogP contribution in [0.1, 0.15) is 16.7 Å². The molecule has 434 valence electrons. The van der Waals surface area contributed by atoms with Crippen LogP contribution in [0.2, 0.25) is 0 Å². The summed E-state index contributed by atoms with van der Waals surface area (Å²) in [6.07, 6.45) is -13.1. The number of aliphatic hydroxyl groups is 1. The van der Waals surface area contributed by atoms with Crippen molar-refractivity contribution < 1.29 is 54.1 Å². The molecule has 0 bridgehead atoms. The molecule has 4 saturated heterocycles. The minimum atomic E-state index is -4.40. The molecular formula is C58H61BrF9N7O3S3. The molecule has 10 nitrogen and oxygen atoms in total. The molecule has 23 heteroatoms. The highest BCUT2D eigenvalue weighted by molar-refractivity contribution is 9.09. The first-order valence-corrected chi connectivity index (χ1v) is 29.8. The van der Waals surface area contributed by atoms with E-state index in [-0.39, 0.29) is 12.6 Å². The number of epoxide rings is 2. The average molecular weight is 1250 g/mol. The molecule has 0 spiro atoms. The number of likely N-dealkylation sites (N-methyl/N-ethyl adjacent to an activating group) is 2. The predicted molar refractivity (Wildman–Crippen MR) is 307 cm³/mol. The maximum atomic E-state index is 13.3. The van der Waals surface area contributed by atoms with Crippen LogP contribution in [-0.2, 0) is 28.0 Å². The summed E-state index contributed by atoms with van der Waals surface area (Å²) in [7, 11) is 4.23. The molecule has 0 aliphatic carbocycles. The highest BCUT2D eigenvalue weighted by Crippen LogP contribution is 2.52. The fraction of sp³-hybridized carbons (Fsp3) is 0.379. The van der Waals surface area contributed by atoms with E-state index in [1.165, 1.54) is 72.6 Å². The minimum Gasteiger partial charge on any atom is -0.390 e. The molecule has 7 heterocycles. The van der Waals surface area contributed by atoms with Crippen LogP contribution in [0.3, 0.4) is 0 Å². The summed E-state index contributed by atoms with van der Waals surface area (Å²) in [5.74, 6) is 0. The normalized spacial score (nSPS) is 19.4. The standard InChI is InChI=1S/C21H24F3N3OS.C16H12F3NOS.C13H8F3NS.C5H12N2.C3H5BrO/c1-25-8-10-26(11-9-25)13-16(28)14-27-17-4-2-3-5-19(17)29-20-7-6-15(12-18(20)27)21(22,23)24;17-16(18,19)10-5-6-15-13(7-10)20(8-11-9-21-11)12-3-1-2-4-14(12)22-15;14-13(15,16)8-5-6-12-10(7-8)17-9-3-1-2-4-11(9)18-12;1-7-4-2-6-3-5-7;4-1-3-2-5-3/h2-7,12,16,28H,8-11,13-14H2,1H3;1-7,11H,8-9H2;1-7,17H;6H,2-5H2,1H3;3H,1-2H2. The van der Waals surface area contributed by atoms with E-state index < -0.39 is 41.3 Å². The third-order valence-electron chi connectivity index (χ3n) is 13.8. The van der Waals surface area contributed by atoms with Crippen LogP contribution in [0.25, 0.3) is 0 Å². The number of nitrogens with one attached hydrogen (secondary N) is 2. The number of alkyl halides is 10. The van der Waals surface area contributed by atoms with E-state index in [1.807, 2.05) is 82.6 Å². The predicted octanol–water partition coefficient (Wildman–Crippen LogP) is 13.8. The monoisotopic (exact) mass is 1250 g/mol. The molecule has 0 amide bonds. The SMILES string of the molecule is BrCC1CO1.CN1CCN(CC(O)CN2c3ccccc3Sc3ccc(C(F)(F)F)cc32)CC1.CN1CCNCC1.FC(F)(F)c1ccc2c(c1)N(CC1CO1)c1ccccc1S2.FC(F)(F)c1ccc2c(c1)Nc1ccccc1S2. The first-order chi connectivity index (χ1) is 38.7. The van der Waals surface area contributed by atoms with E-state index in [2.05, 4.69) is 55.4 Å². The van der Waals surface area contributed by atoms with Crippen LogP contribution in [-0.4, -0.2) is 143 Å². The molecule has 4 fully saturated rings. The van der Waals surface area contributed by atoms with Crippen LogP contribution in [0.5, 0.6) is 0 Å². The fourth-order valence-electron chi connectivity index (χ4n) is 9.13. The fourth-order valence-corrected chi connectivity index (χ4v) is 12.6. The molecule has 0 saturated carbocycles. The van der Waals surface area contributed by atoms with Crippen molar-refractivity contribution in [3.05, 3.63) is 144 Å². The lowest BCUT2D eigenvalue weighted by Crippen LogP contribution is -2.48. The number of β-amino-alcohol motifs (C(OH)–C–C–N with tert-alkyl or cyclic N) is 1. The van der Waals surface area contributed by atoms with Gasteiger partial charge in [-0.15, -0.1) is 0 Å². The highest BCUT2D eigenvalue weighted by Gasteiger charge is 2.37. The summed E-state index contributed by atoms with van der Waals surface area (Å²) >= 11 is 7.69. The van der Waals surface area contributed by atoms with Gasteiger partial charge in [0.2, 0.25) is 0 Å².